The minimum atomic E-state index is -3.41. The van der Waals surface area contributed by atoms with Crippen LogP contribution in [0, 0.1) is 0 Å². The van der Waals surface area contributed by atoms with Gasteiger partial charge in [0.1, 0.15) is 0 Å². The molecule has 132 valence electrons. The van der Waals surface area contributed by atoms with Crippen molar-refractivity contribution < 1.29 is 17.4 Å². The van der Waals surface area contributed by atoms with Gasteiger partial charge in [-0.1, -0.05) is 5.16 Å². The quantitative estimate of drug-likeness (QED) is 0.813. The van der Waals surface area contributed by atoms with Crippen LogP contribution in [-0.2, 0) is 16.8 Å². The molecule has 2 aromatic heterocycles. The average Bonchev–Trinajstić information content (AvgIpc) is 3.17. The number of rotatable bonds is 6. The van der Waals surface area contributed by atoms with Crippen LogP contribution in [-0.4, -0.2) is 60.0 Å². The summed E-state index contributed by atoms with van der Waals surface area (Å²) in [6.07, 6.45) is 1.55. The molecule has 0 amide bonds. The van der Waals surface area contributed by atoms with E-state index in [1.165, 1.54) is 4.31 Å². The first-order chi connectivity index (χ1) is 11.4. The lowest BCUT2D eigenvalue weighted by Gasteiger charge is -2.33. The van der Waals surface area contributed by atoms with Crippen molar-refractivity contribution in [1.82, 2.24) is 24.1 Å². The van der Waals surface area contributed by atoms with Gasteiger partial charge in [0.2, 0.25) is 11.7 Å². The van der Waals surface area contributed by atoms with Gasteiger partial charge in [-0.3, -0.25) is 4.90 Å². The molecule has 0 atom stereocenters. The van der Waals surface area contributed by atoms with E-state index in [9.17, 15) is 8.42 Å². The number of hydrogen-bond donors (Lipinski definition) is 1. The Balaban J connectivity index is 1.54. The van der Waals surface area contributed by atoms with Crippen molar-refractivity contribution >= 4 is 10.2 Å². The summed E-state index contributed by atoms with van der Waals surface area (Å²) in [5.74, 6) is 1.45. The summed E-state index contributed by atoms with van der Waals surface area (Å²) in [4.78, 5) is 6.38. The molecular weight excluding hydrogens is 334 g/mol. The molecule has 1 N–H and O–H groups in total. The molecule has 9 nitrogen and oxygen atoms in total. The molecule has 0 radical (unpaired) electrons. The zero-order valence-electron chi connectivity index (χ0n) is 13.7. The number of piperazine rings is 1. The van der Waals surface area contributed by atoms with Crippen LogP contribution in [0.2, 0.25) is 0 Å². The molecule has 24 heavy (non-hydrogen) atoms. The van der Waals surface area contributed by atoms with Crippen molar-refractivity contribution in [3.05, 3.63) is 24.3 Å². The molecule has 0 aliphatic carbocycles. The van der Waals surface area contributed by atoms with Crippen LogP contribution in [0.3, 0.4) is 0 Å². The van der Waals surface area contributed by atoms with E-state index in [2.05, 4.69) is 19.8 Å². The van der Waals surface area contributed by atoms with E-state index < -0.39 is 10.2 Å². The molecule has 3 heterocycles. The first-order valence-corrected chi connectivity index (χ1v) is 9.24. The van der Waals surface area contributed by atoms with E-state index >= 15 is 0 Å². The van der Waals surface area contributed by atoms with Gasteiger partial charge in [-0.05, 0) is 26.0 Å². The van der Waals surface area contributed by atoms with Crippen LogP contribution in [0.1, 0.15) is 19.7 Å². The van der Waals surface area contributed by atoms with E-state index in [0.717, 1.165) is 0 Å². The van der Waals surface area contributed by atoms with E-state index in [0.29, 0.717) is 50.2 Å². The van der Waals surface area contributed by atoms with Gasteiger partial charge in [-0.25, -0.2) is 0 Å². The van der Waals surface area contributed by atoms with Crippen molar-refractivity contribution in [2.75, 3.05) is 26.2 Å². The first-order valence-electron chi connectivity index (χ1n) is 7.80. The summed E-state index contributed by atoms with van der Waals surface area (Å²) in [6.45, 7) is 6.18. The van der Waals surface area contributed by atoms with Gasteiger partial charge < -0.3 is 8.94 Å². The Morgan fingerprint density at radius 2 is 2.04 bits per heavy atom. The van der Waals surface area contributed by atoms with Crippen LogP contribution in [0.5, 0.6) is 0 Å². The topological polar surface area (TPSA) is 105 Å². The van der Waals surface area contributed by atoms with Gasteiger partial charge in [0, 0.05) is 32.2 Å². The summed E-state index contributed by atoms with van der Waals surface area (Å²) < 4.78 is 38.8. The maximum atomic E-state index is 12.1. The second kappa shape index (κ2) is 7.01. The molecule has 3 rings (SSSR count). The van der Waals surface area contributed by atoms with Crippen LogP contribution >= 0.6 is 0 Å². The van der Waals surface area contributed by atoms with Crippen LogP contribution < -0.4 is 4.72 Å². The van der Waals surface area contributed by atoms with Gasteiger partial charge >= 0.3 is 0 Å². The Hall–Kier alpha value is -1.75. The summed E-state index contributed by atoms with van der Waals surface area (Å²) in [5, 5.41) is 3.89. The lowest BCUT2D eigenvalue weighted by Crippen LogP contribution is -2.52. The monoisotopic (exact) mass is 355 g/mol. The molecule has 1 aliphatic heterocycles. The molecule has 1 aliphatic rings. The first kappa shape index (κ1) is 17.1. The third kappa shape index (κ3) is 4.01. The number of hydrogen-bond acceptors (Lipinski definition) is 7. The minimum Gasteiger partial charge on any atom is -0.461 e. The highest BCUT2D eigenvalue weighted by atomic mass is 32.2. The molecule has 0 unspecified atom stereocenters. The molecule has 10 heteroatoms. The van der Waals surface area contributed by atoms with Crippen molar-refractivity contribution in [2.45, 2.75) is 26.4 Å². The number of nitrogens with one attached hydrogen (secondary N) is 1. The smallest absolute Gasteiger partial charge is 0.279 e. The Labute approximate surface area is 140 Å². The van der Waals surface area contributed by atoms with Crippen LogP contribution in [0.25, 0.3) is 11.6 Å². The fourth-order valence-electron chi connectivity index (χ4n) is 2.52. The molecule has 2 aromatic rings. The van der Waals surface area contributed by atoms with Gasteiger partial charge in [0.25, 0.3) is 10.2 Å². The SMILES string of the molecule is CC(C)NS(=O)(=O)N1CCN(Cc2nc(-c3ccco3)no2)CC1. The maximum Gasteiger partial charge on any atom is 0.279 e. The van der Waals surface area contributed by atoms with Crippen molar-refractivity contribution in [1.29, 1.82) is 0 Å². The van der Waals surface area contributed by atoms with Gasteiger partial charge in [-0.2, -0.15) is 22.4 Å². The molecule has 0 saturated carbocycles. The molecular formula is C14H21N5O4S. The molecule has 0 spiro atoms. The summed E-state index contributed by atoms with van der Waals surface area (Å²) >= 11 is 0. The fourth-order valence-corrected chi connectivity index (χ4v) is 3.91. The van der Waals surface area contributed by atoms with Crippen molar-refractivity contribution in [3.8, 4) is 11.6 Å². The summed E-state index contributed by atoms with van der Waals surface area (Å²) in [5.41, 5.74) is 0. The molecule has 0 aromatic carbocycles. The van der Waals surface area contributed by atoms with E-state index in [1.54, 1.807) is 32.2 Å². The Kier molecular flexibility index (Phi) is 4.99. The minimum absolute atomic E-state index is 0.119. The third-order valence-corrected chi connectivity index (χ3v) is 5.44. The van der Waals surface area contributed by atoms with Gasteiger partial charge in [-0.15, -0.1) is 0 Å². The van der Waals surface area contributed by atoms with Gasteiger partial charge in [0.15, 0.2) is 5.76 Å². The average molecular weight is 355 g/mol. The largest absolute Gasteiger partial charge is 0.461 e. The normalized spacial score (nSPS) is 17.6. The second-order valence-corrected chi connectivity index (χ2v) is 7.64. The number of aromatic nitrogens is 2. The zero-order chi connectivity index (χ0) is 17.2. The Bertz CT molecular complexity index is 748. The second-order valence-electron chi connectivity index (χ2n) is 5.94. The highest BCUT2D eigenvalue weighted by Crippen LogP contribution is 2.17. The fraction of sp³-hybridized carbons (Fsp3) is 0.571. The predicted molar refractivity (Wildman–Crippen MR) is 86.0 cm³/mol. The van der Waals surface area contributed by atoms with E-state index in [4.69, 9.17) is 8.94 Å². The van der Waals surface area contributed by atoms with Crippen LogP contribution in [0.15, 0.2) is 27.3 Å². The maximum absolute atomic E-state index is 12.1. The molecule has 1 fully saturated rings. The van der Waals surface area contributed by atoms with E-state index in [1.807, 2.05) is 0 Å². The number of furan rings is 1. The Morgan fingerprint density at radius 3 is 2.67 bits per heavy atom. The van der Waals surface area contributed by atoms with Gasteiger partial charge in [0.05, 0.1) is 12.8 Å². The standard InChI is InChI=1S/C14H21N5O4S/c1-11(2)17-24(20,21)19-7-5-18(6-8-19)10-13-15-14(16-23-13)12-4-3-9-22-12/h3-4,9,11,17H,5-8,10H2,1-2H3. The lowest BCUT2D eigenvalue weighted by atomic mass is 10.3. The highest BCUT2D eigenvalue weighted by molar-refractivity contribution is 7.87. The highest BCUT2D eigenvalue weighted by Gasteiger charge is 2.28. The third-order valence-electron chi connectivity index (χ3n) is 3.62. The summed E-state index contributed by atoms with van der Waals surface area (Å²) in [7, 11) is -3.41. The molecule has 0 bridgehead atoms. The van der Waals surface area contributed by atoms with Crippen LogP contribution in [0.4, 0.5) is 0 Å². The lowest BCUT2D eigenvalue weighted by molar-refractivity contribution is 0.162. The summed E-state index contributed by atoms with van der Waals surface area (Å²) in [6, 6.07) is 3.40. The predicted octanol–water partition coefficient (Wildman–Crippen LogP) is 0.690. The van der Waals surface area contributed by atoms with Crippen molar-refractivity contribution in [3.63, 3.8) is 0 Å². The molecule has 1 saturated heterocycles. The Morgan fingerprint density at radius 1 is 1.29 bits per heavy atom. The van der Waals surface area contributed by atoms with Crippen molar-refractivity contribution in [2.24, 2.45) is 0 Å². The zero-order valence-corrected chi connectivity index (χ0v) is 14.5. The number of nitrogens with zero attached hydrogens (tertiary/aromatic N) is 4. The van der Waals surface area contributed by atoms with E-state index in [-0.39, 0.29) is 6.04 Å².